The maximum Gasteiger partial charge on any atom is 0.180 e. The molecule has 168 valence electrons. The molecule has 0 radical (unpaired) electrons. The summed E-state index contributed by atoms with van der Waals surface area (Å²) >= 11 is 0. The van der Waals surface area contributed by atoms with E-state index in [1.54, 1.807) is 10.8 Å². The van der Waals surface area contributed by atoms with Crippen molar-refractivity contribution in [1.82, 2.24) is 29.8 Å². The van der Waals surface area contributed by atoms with Crippen LogP contribution in [0.15, 0.2) is 36.9 Å². The van der Waals surface area contributed by atoms with Gasteiger partial charge >= 0.3 is 0 Å². The lowest BCUT2D eigenvalue weighted by molar-refractivity contribution is 0.573. The van der Waals surface area contributed by atoms with Crippen LogP contribution in [-0.2, 0) is 13.0 Å². The molecule has 8 nitrogen and oxygen atoms in total. The van der Waals surface area contributed by atoms with Crippen molar-refractivity contribution in [3.63, 3.8) is 0 Å². The number of hydrogen-bond donors (Lipinski definition) is 0. The van der Waals surface area contributed by atoms with Gasteiger partial charge in [0.1, 0.15) is 12.1 Å². The minimum atomic E-state index is 0.788. The summed E-state index contributed by atoms with van der Waals surface area (Å²) in [6.45, 7) is 8.10. The number of aryl methyl sites for hydroxylation is 1. The summed E-state index contributed by atoms with van der Waals surface area (Å²) in [4.78, 5) is 14.3. The lowest BCUT2D eigenvalue weighted by atomic mass is 10.0. The van der Waals surface area contributed by atoms with Crippen LogP contribution in [0.3, 0.4) is 0 Å². The van der Waals surface area contributed by atoms with E-state index in [1.165, 1.54) is 30.5 Å². The third kappa shape index (κ3) is 3.59. The molecule has 4 aromatic heterocycles. The Morgan fingerprint density at radius 2 is 1.70 bits per heavy atom. The predicted octanol–water partition coefficient (Wildman–Crippen LogP) is 3.75. The van der Waals surface area contributed by atoms with Gasteiger partial charge in [0, 0.05) is 72.9 Å². The first-order valence-electron chi connectivity index (χ1n) is 11.8. The van der Waals surface area contributed by atoms with Crippen LogP contribution in [0.4, 0.5) is 11.6 Å². The summed E-state index contributed by atoms with van der Waals surface area (Å²) in [6.07, 6.45) is 10.4. The van der Waals surface area contributed by atoms with Gasteiger partial charge in [-0.05, 0) is 56.9 Å². The van der Waals surface area contributed by atoms with E-state index in [-0.39, 0.29) is 0 Å². The molecule has 33 heavy (non-hydrogen) atoms. The number of nitrogens with zero attached hydrogens (tertiary/aromatic N) is 8. The third-order valence-corrected chi connectivity index (χ3v) is 7.07. The van der Waals surface area contributed by atoms with Crippen LogP contribution in [0.1, 0.15) is 41.6 Å². The summed E-state index contributed by atoms with van der Waals surface area (Å²) in [5.41, 5.74) is 7.74. The van der Waals surface area contributed by atoms with Gasteiger partial charge in [-0.2, -0.15) is 4.52 Å². The van der Waals surface area contributed by atoms with E-state index in [0.717, 1.165) is 72.1 Å². The number of piperidine rings is 1. The highest BCUT2D eigenvalue weighted by molar-refractivity contribution is 5.65. The van der Waals surface area contributed by atoms with Crippen molar-refractivity contribution in [2.75, 3.05) is 29.4 Å². The largest absolute Gasteiger partial charge is 0.357 e. The van der Waals surface area contributed by atoms with Crippen LogP contribution in [0.25, 0.3) is 16.8 Å². The van der Waals surface area contributed by atoms with Gasteiger partial charge in [0.15, 0.2) is 11.5 Å². The monoisotopic (exact) mass is 440 g/mol. The maximum atomic E-state index is 4.81. The van der Waals surface area contributed by atoms with Gasteiger partial charge in [-0.1, -0.05) is 0 Å². The fraction of sp³-hybridized carbons (Fsp3) is 0.400. The Kier molecular flexibility index (Phi) is 4.93. The molecule has 0 spiro atoms. The second-order valence-corrected chi connectivity index (χ2v) is 9.13. The number of hydrogen-bond acceptors (Lipinski definition) is 7. The van der Waals surface area contributed by atoms with Crippen LogP contribution in [0.5, 0.6) is 0 Å². The lowest BCUT2D eigenvalue weighted by Gasteiger charge is -2.31. The number of aromatic nitrogens is 6. The van der Waals surface area contributed by atoms with Gasteiger partial charge in [-0.15, -0.1) is 15.3 Å². The number of pyridine rings is 2. The van der Waals surface area contributed by atoms with Crippen molar-refractivity contribution in [2.24, 2.45) is 0 Å². The SMILES string of the molecule is Cc1c(N2CCc3ncc(-c4ccc(N5CCCCC5)nc4)cc3C2)nn2cnnc2c1C. The Morgan fingerprint density at radius 1 is 0.848 bits per heavy atom. The summed E-state index contributed by atoms with van der Waals surface area (Å²) in [7, 11) is 0. The molecule has 2 aliphatic heterocycles. The Hall–Kier alpha value is -3.55. The summed E-state index contributed by atoms with van der Waals surface area (Å²) in [5.74, 6) is 2.07. The van der Waals surface area contributed by atoms with Gasteiger partial charge in [-0.25, -0.2) is 4.98 Å². The first-order valence-corrected chi connectivity index (χ1v) is 11.8. The molecule has 4 aromatic rings. The zero-order valence-corrected chi connectivity index (χ0v) is 19.2. The highest BCUT2D eigenvalue weighted by Gasteiger charge is 2.23. The van der Waals surface area contributed by atoms with E-state index >= 15 is 0 Å². The van der Waals surface area contributed by atoms with Crippen molar-refractivity contribution in [3.05, 3.63) is 59.3 Å². The van der Waals surface area contributed by atoms with E-state index < -0.39 is 0 Å². The van der Waals surface area contributed by atoms with Gasteiger partial charge in [-0.3, -0.25) is 4.98 Å². The maximum absolute atomic E-state index is 4.81. The Labute approximate surface area is 193 Å². The standard InChI is InChI=1S/C25H28N8/c1-17-18(2)25(30-33-16-28-29-24(17)33)32-11-8-22-21(15-32)12-20(14-26-22)19-6-7-23(27-13-19)31-9-4-3-5-10-31/h6-7,12-14,16H,3-5,8-11,15H2,1-2H3. The molecule has 0 unspecified atom stereocenters. The lowest BCUT2D eigenvalue weighted by Crippen LogP contribution is -2.32. The van der Waals surface area contributed by atoms with Gasteiger partial charge < -0.3 is 9.80 Å². The first-order chi connectivity index (χ1) is 16.2. The smallest absolute Gasteiger partial charge is 0.180 e. The summed E-state index contributed by atoms with van der Waals surface area (Å²) < 4.78 is 1.78. The summed E-state index contributed by atoms with van der Waals surface area (Å²) in [5, 5.41) is 13.0. The van der Waals surface area contributed by atoms with Crippen molar-refractivity contribution in [3.8, 4) is 11.1 Å². The number of anilines is 2. The van der Waals surface area contributed by atoms with E-state index in [4.69, 9.17) is 15.1 Å². The minimum Gasteiger partial charge on any atom is -0.357 e. The molecule has 8 heteroatoms. The molecule has 6 rings (SSSR count). The molecule has 6 heterocycles. The average molecular weight is 441 g/mol. The molecule has 1 fully saturated rings. The van der Waals surface area contributed by atoms with Crippen LogP contribution in [0, 0.1) is 13.8 Å². The normalized spacial score (nSPS) is 16.3. The number of fused-ring (bicyclic) bond motifs is 2. The van der Waals surface area contributed by atoms with E-state index in [2.05, 4.69) is 52.0 Å². The van der Waals surface area contributed by atoms with Crippen molar-refractivity contribution in [2.45, 2.75) is 46.1 Å². The van der Waals surface area contributed by atoms with Gasteiger partial charge in [0.25, 0.3) is 0 Å². The van der Waals surface area contributed by atoms with Crippen LogP contribution < -0.4 is 9.80 Å². The Balaban J connectivity index is 1.27. The molecule has 2 aliphatic rings. The molecule has 0 aromatic carbocycles. The molecular weight excluding hydrogens is 412 g/mol. The summed E-state index contributed by atoms with van der Waals surface area (Å²) in [6, 6.07) is 6.60. The number of rotatable bonds is 3. The van der Waals surface area contributed by atoms with E-state index in [0.29, 0.717) is 0 Å². The van der Waals surface area contributed by atoms with Crippen LogP contribution in [0.2, 0.25) is 0 Å². The minimum absolute atomic E-state index is 0.788. The molecule has 0 bridgehead atoms. The highest BCUT2D eigenvalue weighted by atomic mass is 15.4. The van der Waals surface area contributed by atoms with Crippen LogP contribution >= 0.6 is 0 Å². The topological polar surface area (TPSA) is 75.3 Å². The van der Waals surface area contributed by atoms with Crippen molar-refractivity contribution in [1.29, 1.82) is 0 Å². The molecule has 0 aliphatic carbocycles. The molecule has 0 saturated carbocycles. The molecule has 0 atom stereocenters. The molecule has 0 amide bonds. The fourth-order valence-corrected chi connectivity index (χ4v) is 4.99. The molecule has 0 N–H and O–H groups in total. The Bertz CT molecular complexity index is 1300. The zero-order valence-electron chi connectivity index (χ0n) is 19.2. The first kappa shape index (κ1) is 20.1. The van der Waals surface area contributed by atoms with Crippen LogP contribution in [-0.4, -0.2) is 49.4 Å². The Morgan fingerprint density at radius 3 is 2.52 bits per heavy atom. The zero-order chi connectivity index (χ0) is 22.4. The fourth-order valence-electron chi connectivity index (χ4n) is 4.99. The molecule has 1 saturated heterocycles. The predicted molar refractivity (Wildman–Crippen MR) is 129 cm³/mol. The van der Waals surface area contributed by atoms with E-state index in [1.807, 2.05) is 12.4 Å². The van der Waals surface area contributed by atoms with E-state index in [9.17, 15) is 0 Å². The average Bonchev–Trinajstić information content (AvgIpc) is 3.35. The van der Waals surface area contributed by atoms with Gasteiger partial charge in [0.2, 0.25) is 0 Å². The third-order valence-electron chi connectivity index (χ3n) is 7.07. The van der Waals surface area contributed by atoms with Crippen molar-refractivity contribution >= 4 is 17.3 Å². The van der Waals surface area contributed by atoms with Crippen molar-refractivity contribution < 1.29 is 0 Å². The quantitative estimate of drug-likeness (QED) is 0.480. The second-order valence-electron chi connectivity index (χ2n) is 9.13. The molecular formula is C25H28N8. The highest BCUT2D eigenvalue weighted by Crippen LogP contribution is 2.30. The van der Waals surface area contributed by atoms with Gasteiger partial charge in [0.05, 0.1) is 0 Å². The second kappa shape index (κ2) is 8.10.